The van der Waals surface area contributed by atoms with E-state index in [0.717, 1.165) is 10.5 Å². The van der Waals surface area contributed by atoms with Crippen molar-refractivity contribution in [3.05, 3.63) is 65.2 Å². The van der Waals surface area contributed by atoms with E-state index in [1.54, 1.807) is 57.2 Å². The first-order valence-electron chi connectivity index (χ1n) is 11.7. The molecule has 2 aromatic rings. The van der Waals surface area contributed by atoms with Crippen molar-refractivity contribution in [1.82, 2.24) is 10.2 Å². The van der Waals surface area contributed by atoms with Crippen LogP contribution in [0, 0.1) is 31.7 Å². The van der Waals surface area contributed by atoms with E-state index in [0.29, 0.717) is 22.6 Å². The number of carbonyl (C=O) groups is 3. The first-order chi connectivity index (χ1) is 17.5. The smallest absolute Gasteiger partial charge is 0.408 e. The summed E-state index contributed by atoms with van der Waals surface area (Å²) in [6, 6.07) is 14.1. The number of thioether (sulfide) groups is 1. The predicted octanol–water partition coefficient (Wildman–Crippen LogP) is 4.72. The SMILES string of the molecule is C#Cc1ccccc1C(C(=O)Nc1ccccc1C)N(C#C)C(=O)C(CCSC)NC(=O)OC(C)(C)C. The molecule has 2 rings (SSSR count). The highest BCUT2D eigenvalue weighted by molar-refractivity contribution is 7.98. The Morgan fingerprint density at radius 3 is 2.32 bits per heavy atom. The lowest BCUT2D eigenvalue weighted by Crippen LogP contribution is -2.51. The van der Waals surface area contributed by atoms with E-state index in [2.05, 4.69) is 22.6 Å². The Bertz CT molecular complexity index is 1210. The Kier molecular flexibility index (Phi) is 10.7. The van der Waals surface area contributed by atoms with E-state index in [1.165, 1.54) is 11.8 Å². The summed E-state index contributed by atoms with van der Waals surface area (Å²) >= 11 is 1.51. The highest BCUT2D eigenvalue weighted by Gasteiger charge is 2.36. The number of rotatable bonds is 9. The van der Waals surface area contributed by atoms with Crippen LogP contribution in [0.4, 0.5) is 10.5 Å². The Hall–Kier alpha value is -3.88. The Morgan fingerprint density at radius 2 is 1.73 bits per heavy atom. The Balaban J connectivity index is 2.52. The average molecular weight is 520 g/mol. The van der Waals surface area contributed by atoms with Crippen LogP contribution < -0.4 is 10.6 Å². The van der Waals surface area contributed by atoms with Gasteiger partial charge in [-0.15, -0.1) is 6.42 Å². The normalized spacial score (nSPS) is 12.3. The number of carbonyl (C=O) groups excluding carboxylic acids is 3. The van der Waals surface area contributed by atoms with Crippen molar-refractivity contribution in [3.8, 4) is 24.8 Å². The third kappa shape index (κ3) is 8.34. The number of hydrogen-bond donors (Lipinski definition) is 2. The average Bonchev–Trinajstić information content (AvgIpc) is 2.84. The predicted molar refractivity (Wildman–Crippen MR) is 149 cm³/mol. The number of hydrogen-bond acceptors (Lipinski definition) is 5. The summed E-state index contributed by atoms with van der Waals surface area (Å²) in [5, 5.41) is 5.49. The van der Waals surface area contributed by atoms with Gasteiger partial charge in [0.1, 0.15) is 11.6 Å². The van der Waals surface area contributed by atoms with Crippen molar-refractivity contribution in [2.24, 2.45) is 0 Å². The molecule has 2 atom stereocenters. The van der Waals surface area contributed by atoms with Gasteiger partial charge in [0.15, 0.2) is 6.04 Å². The molecule has 2 N–H and O–H groups in total. The highest BCUT2D eigenvalue weighted by Crippen LogP contribution is 2.27. The molecule has 2 aromatic carbocycles. The summed E-state index contributed by atoms with van der Waals surface area (Å²) in [6.45, 7) is 7.03. The fraction of sp³-hybridized carbons (Fsp3) is 0.345. The zero-order valence-electron chi connectivity index (χ0n) is 21.8. The molecule has 3 amide bonds. The summed E-state index contributed by atoms with van der Waals surface area (Å²) in [5.74, 6) is 1.96. The summed E-state index contributed by atoms with van der Waals surface area (Å²) in [6.07, 6.45) is 13.0. The largest absolute Gasteiger partial charge is 0.444 e. The van der Waals surface area contributed by atoms with Gasteiger partial charge in [0.05, 0.1) is 0 Å². The number of anilines is 1. The lowest BCUT2D eigenvalue weighted by Gasteiger charge is -2.31. The molecular formula is C29H33N3O4S. The van der Waals surface area contributed by atoms with E-state index in [9.17, 15) is 14.4 Å². The number of amides is 3. The van der Waals surface area contributed by atoms with Crippen LogP contribution in [-0.4, -0.2) is 46.5 Å². The van der Waals surface area contributed by atoms with Crippen molar-refractivity contribution in [3.63, 3.8) is 0 Å². The fourth-order valence-electron chi connectivity index (χ4n) is 3.55. The van der Waals surface area contributed by atoms with Crippen LogP contribution in [0.5, 0.6) is 0 Å². The van der Waals surface area contributed by atoms with Crippen molar-refractivity contribution in [1.29, 1.82) is 0 Å². The second-order valence-electron chi connectivity index (χ2n) is 9.26. The molecule has 0 spiro atoms. The van der Waals surface area contributed by atoms with Crippen LogP contribution in [0.3, 0.4) is 0 Å². The van der Waals surface area contributed by atoms with E-state index < -0.39 is 35.6 Å². The summed E-state index contributed by atoms with van der Waals surface area (Å²) in [5.41, 5.74) is 1.46. The number of aryl methyl sites for hydroxylation is 1. The van der Waals surface area contributed by atoms with Crippen molar-refractivity contribution in [2.45, 2.75) is 51.8 Å². The van der Waals surface area contributed by atoms with Gasteiger partial charge in [-0.2, -0.15) is 11.8 Å². The van der Waals surface area contributed by atoms with E-state index in [1.807, 2.05) is 25.3 Å². The molecule has 2 unspecified atom stereocenters. The standard InChI is InChI=1S/C29H33N3O4S/c1-8-21-15-11-12-16-22(21)25(26(33)30-23-17-13-10-14-20(23)3)32(9-2)27(34)24(18-19-37-7)31-28(35)36-29(4,5)6/h1-2,10-17,24-25H,18-19H2,3-7H3,(H,30,33)(H,31,35). The minimum absolute atomic E-state index is 0.278. The molecule has 0 heterocycles. The molecule has 194 valence electrons. The second kappa shape index (κ2) is 13.4. The quantitative estimate of drug-likeness (QED) is 0.370. The van der Waals surface area contributed by atoms with Crippen LogP contribution in [0.15, 0.2) is 48.5 Å². The number of ether oxygens (including phenoxy) is 1. The van der Waals surface area contributed by atoms with E-state index in [-0.39, 0.29) is 6.42 Å². The van der Waals surface area contributed by atoms with Gasteiger partial charge >= 0.3 is 6.09 Å². The second-order valence-corrected chi connectivity index (χ2v) is 10.2. The molecule has 7 nitrogen and oxygen atoms in total. The third-order valence-corrected chi connectivity index (χ3v) is 5.94. The summed E-state index contributed by atoms with van der Waals surface area (Å²) in [4.78, 5) is 41.0. The van der Waals surface area contributed by atoms with Gasteiger partial charge < -0.3 is 15.4 Å². The fourth-order valence-corrected chi connectivity index (χ4v) is 4.03. The lowest BCUT2D eigenvalue weighted by atomic mass is 9.97. The summed E-state index contributed by atoms with van der Waals surface area (Å²) in [7, 11) is 0. The van der Waals surface area contributed by atoms with Crippen LogP contribution in [-0.2, 0) is 14.3 Å². The van der Waals surface area contributed by atoms with Gasteiger partial charge in [0, 0.05) is 22.9 Å². The van der Waals surface area contributed by atoms with Crippen molar-refractivity contribution < 1.29 is 19.1 Å². The maximum absolute atomic E-state index is 13.8. The number of nitrogens with zero attached hydrogens (tertiary/aromatic N) is 1. The van der Waals surface area contributed by atoms with Gasteiger partial charge in [-0.3, -0.25) is 14.5 Å². The molecule has 0 bridgehead atoms. The molecule has 0 aromatic heterocycles. The van der Waals surface area contributed by atoms with Gasteiger partial charge in [0.2, 0.25) is 0 Å². The van der Waals surface area contributed by atoms with Crippen molar-refractivity contribution in [2.75, 3.05) is 17.3 Å². The number of benzene rings is 2. The molecular weight excluding hydrogens is 486 g/mol. The molecule has 0 aliphatic rings. The van der Waals surface area contributed by atoms with Gasteiger partial charge in [-0.05, 0) is 63.8 Å². The van der Waals surface area contributed by atoms with Gasteiger partial charge in [-0.1, -0.05) is 48.7 Å². The monoisotopic (exact) mass is 519 g/mol. The third-order valence-electron chi connectivity index (χ3n) is 5.30. The van der Waals surface area contributed by atoms with Crippen LogP contribution in [0.25, 0.3) is 0 Å². The zero-order valence-corrected chi connectivity index (χ0v) is 22.6. The molecule has 37 heavy (non-hydrogen) atoms. The number of alkyl carbamates (subject to hydrolysis) is 1. The van der Waals surface area contributed by atoms with E-state index in [4.69, 9.17) is 17.6 Å². The topological polar surface area (TPSA) is 87.7 Å². The molecule has 0 radical (unpaired) electrons. The number of para-hydroxylation sites is 1. The molecule has 0 fully saturated rings. The van der Waals surface area contributed by atoms with Crippen LogP contribution in [0.2, 0.25) is 0 Å². The Labute approximate surface area is 223 Å². The highest BCUT2D eigenvalue weighted by atomic mass is 32.2. The maximum Gasteiger partial charge on any atom is 0.408 e. The number of terminal acetylenes is 2. The minimum atomic E-state index is -1.25. The number of nitrogens with one attached hydrogen (secondary N) is 2. The molecule has 8 heteroatoms. The minimum Gasteiger partial charge on any atom is -0.444 e. The Morgan fingerprint density at radius 1 is 1.08 bits per heavy atom. The maximum atomic E-state index is 13.8. The summed E-state index contributed by atoms with van der Waals surface area (Å²) < 4.78 is 5.35. The molecule has 0 aliphatic heterocycles. The van der Waals surface area contributed by atoms with Crippen LogP contribution in [0.1, 0.15) is 49.9 Å². The van der Waals surface area contributed by atoms with E-state index >= 15 is 0 Å². The first-order valence-corrected chi connectivity index (χ1v) is 13.1. The first kappa shape index (κ1) is 29.4. The van der Waals surface area contributed by atoms with Crippen molar-refractivity contribution >= 4 is 35.4 Å². The van der Waals surface area contributed by atoms with Crippen LogP contribution >= 0.6 is 11.8 Å². The van der Waals surface area contributed by atoms with Gasteiger partial charge in [0.25, 0.3) is 11.8 Å². The molecule has 0 aliphatic carbocycles. The molecule has 0 saturated heterocycles. The van der Waals surface area contributed by atoms with Gasteiger partial charge in [-0.25, -0.2) is 4.79 Å². The lowest BCUT2D eigenvalue weighted by molar-refractivity contribution is -0.136. The molecule has 0 saturated carbocycles. The zero-order chi connectivity index (χ0) is 27.6.